The van der Waals surface area contributed by atoms with Gasteiger partial charge in [0.1, 0.15) is 23.4 Å². The summed E-state index contributed by atoms with van der Waals surface area (Å²) < 4.78 is 15.5. The smallest absolute Gasteiger partial charge is 0.257 e. The van der Waals surface area contributed by atoms with Crippen LogP contribution in [0.4, 0.5) is 0 Å². The van der Waals surface area contributed by atoms with Gasteiger partial charge in [-0.05, 0) is 30.7 Å². The van der Waals surface area contributed by atoms with Crippen LogP contribution in [0.15, 0.2) is 47.1 Å². The molecule has 2 rings (SSSR count). The molecule has 22 heavy (non-hydrogen) atoms. The lowest BCUT2D eigenvalue weighted by Gasteiger charge is -2.10. The van der Waals surface area contributed by atoms with Crippen LogP contribution < -0.4 is 14.8 Å². The SMILES string of the molecule is COc1cccc(OCC(=O)NCCC(O)c2ccco2)c1. The average Bonchev–Trinajstić information content (AvgIpc) is 3.07. The Labute approximate surface area is 128 Å². The molecule has 1 amide bonds. The molecule has 0 fully saturated rings. The summed E-state index contributed by atoms with van der Waals surface area (Å²) in [7, 11) is 1.57. The number of rotatable bonds is 8. The minimum atomic E-state index is -0.727. The highest BCUT2D eigenvalue weighted by Crippen LogP contribution is 2.18. The Balaban J connectivity index is 1.67. The summed E-state index contributed by atoms with van der Waals surface area (Å²) in [4.78, 5) is 11.7. The number of carbonyl (C=O) groups excluding carboxylic acids is 1. The Morgan fingerprint density at radius 3 is 2.86 bits per heavy atom. The van der Waals surface area contributed by atoms with E-state index in [1.54, 1.807) is 43.5 Å². The molecule has 1 heterocycles. The number of hydrogen-bond acceptors (Lipinski definition) is 5. The Morgan fingerprint density at radius 2 is 2.14 bits per heavy atom. The van der Waals surface area contributed by atoms with E-state index in [9.17, 15) is 9.90 Å². The molecule has 1 aromatic heterocycles. The fraction of sp³-hybridized carbons (Fsp3) is 0.312. The maximum Gasteiger partial charge on any atom is 0.257 e. The first kappa shape index (κ1) is 15.9. The van der Waals surface area contributed by atoms with E-state index >= 15 is 0 Å². The minimum absolute atomic E-state index is 0.0932. The Kier molecular flexibility index (Phi) is 5.85. The Bertz CT molecular complexity index is 582. The predicted octanol–water partition coefficient (Wildman–Crippen LogP) is 1.91. The maximum atomic E-state index is 11.7. The molecule has 6 heteroatoms. The van der Waals surface area contributed by atoms with Crippen LogP contribution >= 0.6 is 0 Å². The minimum Gasteiger partial charge on any atom is -0.497 e. The first-order valence-electron chi connectivity index (χ1n) is 6.94. The standard InChI is InChI=1S/C16H19NO5/c1-20-12-4-2-5-13(10-12)22-11-16(19)17-8-7-14(18)15-6-3-9-21-15/h2-6,9-10,14,18H,7-8,11H2,1H3,(H,17,19). The molecule has 0 radical (unpaired) electrons. The molecule has 0 saturated heterocycles. The van der Waals surface area contributed by atoms with E-state index in [1.165, 1.54) is 6.26 Å². The molecule has 0 spiro atoms. The number of carbonyl (C=O) groups is 1. The fourth-order valence-electron chi connectivity index (χ4n) is 1.86. The Morgan fingerprint density at radius 1 is 1.32 bits per heavy atom. The summed E-state index contributed by atoms with van der Waals surface area (Å²) in [5.41, 5.74) is 0. The number of benzene rings is 1. The van der Waals surface area contributed by atoms with Crippen LogP contribution in [0.2, 0.25) is 0 Å². The number of ether oxygens (including phenoxy) is 2. The van der Waals surface area contributed by atoms with Gasteiger partial charge >= 0.3 is 0 Å². The second kappa shape index (κ2) is 8.09. The normalized spacial score (nSPS) is 11.7. The summed E-state index contributed by atoms with van der Waals surface area (Å²) in [6, 6.07) is 10.4. The van der Waals surface area contributed by atoms with Crippen molar-refractivity contribution >= 4 is 5.91 Å². The summed E-state index contributed by atoms with van der Waals surface area (Å²) >= 11 is 0. The van der Waals surface area contributed by atoms with Crippen molar-refractivity contribution in [3.05, 3.63) is 48.4 Å². The molecular weight excluding hydrogens is 286 g/mol. The monoisotopic (exact) mass is 305 g/mol. The third-order valence-electron chi connectivity index (χ3n) is 3.02. The van der Waals surface area contributed by atoms with Crippen LogP contribution in [0.3, 0.4) is 0 Å². The second-order valence-corrected chi connectivity index (χ2v) is 4.64. The number of nitrogens with one attached hydrogen (secondary N) is 1. The highest BCUT2D eigenvalue weighted by molar-refractivity contribution is 5.77. The molecule has 0 aliphatic rings. The van der Waals surface area contributed by atoms with Crippen molar-refractivity contribution in [2.75, 3.05) is 20.3 Å². The van der Waals surface area contributed by atoms with Crippen molar-refractivity contribution in [2.24, 2.45) is 0 Å². The largest absolute Gasteiger partial charge is 0.497 e. The number of methoxy groups -OCH3 is 1. The van der Waals surface area contributed by atoms with Crippen molar-refractivity contribution in [1.29, 1.82) is 0 Å². The maximum absolute atomic E-state index is 11.7. The Hall–Kier alpha value is -2.47. The van der Waals surface area contributed by atoms with Gasteiger partial charge in [0.2, 0.25) is 0 Å². The topological polar surface area (TPSA) is 80.9 Å². The van der Waals surface area contributed by atoms with Gasteiger partial charge in [-0.25, -0.2) is 0 Å². The molecule has 0 aliphatic heterocycles. The van der Waals surface area contributed by atoms with E-state index < -0.39 is 6.10 Å². The van der Waals surface area contributed by atoms with Crippen LogP contribution in [-0.4, -0.2) is 31.3 Å². The van der Waals surface area contributed by atoms with E-state index in [0.717, 1.165) is 0 Å². The lowest BCUT2D eigenvalue weighted by atomic mass is 10.2. The number of amides is 1. The number of aliphatic hydroxyl groups excluding tert-OH is 1. The summed E-state index contributed by atoms with van der Waals surface area (Å²) in [6.07, 6.45) is 1.15. The van der Waals surface area contributed by atoms with E-state index in [-0.39, 0.29) is 12.5 Å². The van der Waals surface area contributed by atoms with E-state index in [1.807, 2.05) is 0 Å². The van der Waals surface area contributed by atoms with Crippen LogP contribution in [0, 0.1) is 0 Å². The highest BCUT2D eigenvalue weighted by Gasteiger charge is 2.11. The van der Waals surface area contributed by atoms with E-state index in [2.05, 4.69) is 5.32 Å². The highest BCUT2D eigenvalue weighted by atomic mass is 16.5. The average molecular weight is 305 g/mol. The van der Waals surface area contributed by atoms with Crippen LogP contribution in [0.5, 0.6) is 11.5 Å². The third-order valence-corrected chi connectivity index (χ3v) is 3.02. The summed E-state index contributed by atoms with van der Waals surface area (Å²) in [5.74, 6) is 1.46. The molecule has 0 saturated carbocycles. The lowest BCUT2D eigenvalue weighted by Crippen LogP contribution is -2.30. The van der Waals surface area contributed by atoms with Crippen molar-refractivity contribution < 1.29 is 23.8 Å². The van der Waals surface area contributed by atoms with Crippen molar-refractivity contribution in [3.8, 4) is 11.5 Å². The van der Waals surface area contributed by atoms with Gasteiger partial charge in [-0.3, -0.25) is 4.79 Å². The van der Waals surface area contributed by atoms with E-state index in [0.29, 0.717) is 30.2 Å². The molecule has 2 aromatic rings. The fourth-order valence-corrected chi connectivity index (χ4v) is 1.86. The van der Waals surface area contributed by atoms with Gasteiger partial charge < -0.3 is 24.3 Å². The molecule has 0 aliphatic carbocycles. The zero-order chi connectivity index (χ0) is 15.8. The molecule has 118 valence electrons. The van der Waals surface area contributed by atoms with E-state index in [4.69, 9.17) is 13.9 Å². The van der Waals surface area contributed by atoms with Gasteiger partial charge in [0.15, 0.2) is 6.61 Å². The van der Waals surface area contributed by atoms with Crippen molar-refractivity contribution in [1.82, 2.24) is 5.32 Å². The number of furan rings is 1. The molecule has 2 N–H and O–H groups in total. The number of hydrogen-bond donors (Lipinski definition) is 2. The summed E-state index contributed by atoms with van der Waals surface area (Å²) in [5, 5.41) is 12.5. The second-order valence-electron chi connectivity index (χ2n) is 4.64. The molecule has 1 atom stereocenters. The quantitative estimate of drug-likeness (QED) is 0.778. The summed E-state index contributed by atoms with van der Waals surface area (Å²) in [6.45, 7) is 0.242. The van der Waals surface area contributed by atoms with Gasteiger partial charge in [0.05, 0.1) is 13.4 Å². The molecular formula is C16H19NO5. The number of aliphatic hydroxyl groups is 1. The lowest BCUT2D eigenvalue weighted by molar-refractivity contribution is -0.123. The third kappa shape index (κ3) is 4.82. The van der Waals surface area contributed by atoms with Crippen molar-refractivity contribution in [2.45, 2.75) is 12.5 Å². The van der Waals surface area contributed by atoms with Crippen molar-refractivity contribution in [3.63, 3.8) is 0 Å². The van der Waals surface area contributed by atoms with Gasteiger partial charge in [-0.1, -0.05) is 6.07 Å². The van der Waals surface area contributed by atoms with Crippen LogP contribution in [-0.2, 0) is 4.79 Å². The van der Waals surface area contributed by atoms with Crippen LogP contribution in [0.25, 0.3) is 0 Å². The molecule has 0 bridgehead atoms. The van der Waals surface area contributed by atoms with Gasteiger partial charge in [-0.2, -0.15) is 0 Å². The first-order valence-corrected chi connectivity index (χ1v) is 6.94. The zero-order valence-corrected chi connectivity index (χ0v) is 12.3. The van der Waals surface area contributed by atoms with Gasteiger partial charge in [-0.15, -0.1) is 0 Å². The first-order chi connectivity index (χ1) is 10.7. The van der Waals surface area contributed by atoms with Gasteiger partial charge in [0, 0.05) is 12.6 Å². The van der Waals surface area contributed by atoms with Crippen LogP contribution in [0.1, 0.15) is 18.3 Å². The molecule has 6 nitrogen and oxygen atoms in total. The molecule has 1 unspecified atom stereocenters. The predicted molar refractivity (Wildman–Crippen MR) is 79.8 cm³/mol. The van der Waals surface area contributed by atoms with Gasteiger partial charge in [0.25, 0.3) is 5.91 Å². The molecule has 1 aromatic carbocycles. The zero-order valence-electron chi connectivity index (χ0n) is 12.3.